The second-order valence-electron chi connectivity index (χ2n) is 4.30. The van der Waals surface area contributed by atoms with Gasteiger partial charge in [-0.05, 0) is 30.2 Å². The van der Waals surface area contributed by atoms with Crippen molar-refractivity contribution in [1.82, 2.24) is 5.43 Å². The quantitative estimate of drug-likeness (QED) is 0.667. The molecule has 0 aromatic heterocycles. The fourth-order valence-electron chi connectivity index (χ4n) is 1.75. The van der Waals surface area contributed by atoms with Crippen molar-refractivity contribution in [2.24, 2.45) is 5.10 Å². The molecule has 0 spiro atoms. The normalized spacial score (nSPS) is 11.1. The van der Waals surface area contributed by atoms with Gasteiger partial charge in [0.1, 0.15) is 0 Å². The predicted octanol–water partition coefficient (Wildman–Crippen LogP) is 3.42. The molecule has 2 aromatic rings. The highest BCUT2D eigenvalue weighted by molar-refractivity contribution is 5.96. The van der Waals surface area contributed by atoms with Crippen molar-refractivity contribution in [2.75, 3.05) is 0 Å². The molecule has 3 heteroatoms. The number of benzene rings is 2. The van der Waals surface area contributed by atoms with Crippen molar-refractivity contribution in [3.8, 4) is 0 Å². The molecule has 100 valence electrons. The molecule has 0 bridgehead atoms. The number of aryl methyl sites for hydroxylation is 1. The first kappa shape index (κ1) is 13.7. The van der Waals surface area contributed by atoms with Crippen molar-refractivity contribution >= 4 is 18.2 Å². The highest BCUT2D eigenvalue weighted by Crippen LogP contribution is 2.06. The molecule has 0 unspecified atom stereocenters. The average molecular weight is 264 g/mol. The molecular formula is C17H16N2O. The van der Waals surface area contributed by atoms with Gasteiger partial charge in [0.15, 0.2) is 0 Å². The van der Waals surface area contributed by atoms with E-state index < -0.39 is 0 Å². The lowest BCUT2D eigenvalue weighted by Crippen LogP contribution is -2.18. The Labute approximate surface area is 118 Å². The summed E-state index contributed by atoms with van der Waals surface area (Å²) in [5.74, 6) is -0.201. The number of hydrogen-bond acceptors (Lipinski definition) is 2. The molecule has 0 fully saturated rings. The molecular weight excluding hydrogens is 248 g/mol. The van der Waals surface area contributed by atoms with Crippen molar-refractivity contribution in [3.63, 3.8) is 0 Å². The molecule has 1 amide bonds. The number of nitrogens with one attached hydrogen (secondary N) is 1. The Morgan fingerprint density at radius 2 is 1.75 bits per heavy atom. The zero-order valence-electron chi connectivity index (χ0n) is 11.3. The van der Waals surface area contributed by atoms with E-state index in [0.717, 1.165) is 11.1 Å². The van der Waals surface area contributed by atoms with Crippen molar-refractivity contribution in [3.05, 3.63) is 77.4 Å². The fourth-order valence-corrected chi connectivity index (χ4v) is 1.75. The van der Waals surface area contributed by atoms with Gasteiger partial charge in [-0.2, -0.15) is 5.10 Å². The smallest absolute Gasteiger partial charge is 0.267 e. The molecule has 0 aliphatic rings. The number of carbonyl (C=O) groups excluding carboxylic acids is 1. The summed E-state index contributed by atoms with van der Waals surface area (Å²) in [7, 11) is 0. The highest BCUT2D eigenvalue weighted by atomic mass is 16.2. The number of hydrogen-bond donors (Lipinski definition) is 1. The van der Waals surface area contributed by atoms with Gasteiger partial charge in [0.25, 0.3) is 5.91 Å². The van der Waals surface area contributed by atoms with Crippen LogP contribution in [0.2, 0.25) is 0 Å². The van der Waals surface area contributed by atoms with Crippen LogP contribution in [0.15, 0.2) is 65.8 Å². The summed E-state index contributed by atoms with van der Waals surface area (Å²) in [6, 6.07) is 17.3. The minimum absolute atomic E-state index is 0.201. The molecule has 20 heavy (non-hydrogen) atoms. The van der Waals surface area contributed by atoms with Gasteiger partial charge in [0, 0.05) is 11.8 Å². The Hall–Kier alpha value is -2.68. The summed E-state index contributed by atoms with van der Waals surface area (Å²) >= 11 is 0. The van der Waals surface area contributed by atoms with E-state index in [1.807, 2.05) is 61.5 Å². The Bertz CT molecular complexity index is 630. The Morgan fingerprint density at radius 1 is 1.05 bits per heavy atom. The summed E-state index contributed by atoms with van der Waals surface area (Å²) in [6.45, 7) is 1.90. The third kappa shape index (κ3) is 3.92. The minimum atomic E-state index is -0.201. The predicted molar refractivity (Wildman–Crippen MR) is 82.6 cm³/mol. The van der Waals surface area contributed by atoms with Crippen LogP contribution in [0.3, 0.4) is 0 Å². The van der Waals surface area contributed by atoms with Gasteiger partial charge >= 0.3 is 0 Å². The zero-order chi connectivity index (χ0) is 14.2. The van der Waals surface area contributed by atoms with Gasteiger partial charge in [-0.25, -0.2) is 5.43 Å². The minimum Gasteiger partial charge on any atom is -0.267 e. The van der Waals surface area contributed by atoms with Crippen LogP contribution in [0.5, 0.6) is 0 Å². The SMILES string of the molecule is Cc1ccccc1C(=O)N/N=C\C=C\c1ccccc1. The molecule has 3 nitrogen and oxygen atoms in total. The highest BCUT2D eigenvalue weighted by Gasteiger charge is 2.05. The van der Waals surface area contributed by atoms with E-state index in [4.69, 9.17) is 0 Å². The second kappa shape index (κ2) is 7.04. The zero-order valence-corrected chi connectivity index (χ0v) is 11.3. The van der Waals surface area contributed by atoms with E-state index in [1.165, 1.54) is 0 Å². The maximum Gasteiger partial charge on any atom is 0.271 e. The topological polar surface area (TPSA) is 41.5 Å². The summed E-state index contributed by atoms with van der Waals surface area (Å²) in [4.78, 5) is 11.8. The standard InChI is InChI=1S/C17H16N2O/c1-14-8-5-6-12-16(14)17(20)19-18-13-7-11-15-9-3-2-4-10-15/h2-13H,1H3,(H,19,20)/b11-7+,18-13-. The largest absolute Gasteiger partial charge is 0.271 e. The Kier molecular flexibility index (Phi) is 4.84. The van der Waals surface area contributed by atoms with Crippen LogP contribution in [0.25, 0.3) is 6.08 Å². The molecule has 0 saturated carbocycles. The second-order valence-corrected chi connectivity index (χ2v) is 4.30. The molecule has 2 rings (SSSR count). The maximum absolute atomic E-state index is 11.8. The van der Waals surface area contributed by atoms with Crippen LogP contribution >= 0.6 is 0 Å². The van der Waals surface area contributed by atoms with Gasteiger partial charge in [-0.1, -0.05) is 54.6 Å². The molecule has 0 aliphatic heterocycles. The number of hydrazone groups is 1. The van der Waals surface area contributed by atoms with Crippen LogP contribution in [-0.2, 0) is 0 Å². The van der Waals surface area contributed by atoms with Crippen LogP contribution in [-0.4, -0.2) is 12.1 Å². The van der Waals surface area contributed by atoms with E-state index in [0.29, 0.717) is 5.56 Å². The van der Waals surface area contributed by atoms with Gasteiger partial charge in [0.2, 0.25) is 0 Å². The van der Waals surface area contributed by atoms with E-state index in [1.54, 1.807) is 18.4 Å². The van der Waals surface area contributed by atoms with Gasteiger partial charge in [-0.3, -0.25) is 4.79 Å². The molecule has 0 radical (unpaired) electrons. The van der Waals surface area contributed by atoms with Crippen LogP contribution in [0.4, 0.5) is 0 Å². The molecule has 1 N–H and O–H groups in total. The molecule has 0 aliphatic carbocycles. The van der Waals surface area contributed by atoms with Gasteiger partial charge in [0.05, 0.1) is 0 Å². The monoisotopic (exact) mass is 264 g/mol. The van der Waals surface area contributed by atoms with E-state index in [9.17, 15) is 4.79 Å². The van der Waals surface area contributed by atoms with Crippen LogP contribution in [0.1, 0.15) is 21.5 Å². The first-order valence-electron chi connectivity index (χ1n) is 6.38. The number of allylic oxidation sites excluding steroid dienone is 1. The Morgan fingerprint density at radius 3 is 2.50 bits per heavy atom. The lowest BCUT2D eigenvalue weighted by Gasteiger charge is -2.02. The maximum atomic E-state index is 11.8. The average Bonchev–Trinajstić information content (AvgIpc) is 2.48. The Balaban J connectivity index is 1.89. The van der Waals surface area contributed by atoms with E-state index in [-0.39, 0.29) is 5.91 Å². The van der Waals surface area contributed by atoms with E-state index >= 15 is 0 Å². The molecule has 2 aromatic carbocycles. The summed E-state index contributed by atoms with van der Waals surface area (Å²) in [5, 5.41) is 3.89. The summed E-state index contributed by atoms with van der Waals surface area (Å²) in [5.41, 5.74) is 5.16. The first-order valence-corrected chi connectivity index (χ1v) is 6.38. The summed E-state index contributed by atoms with van der Waals surface area (Å²) < 4.78 is 0. The number of rotatable bonds is 4. The lowest BCUT2D eigenvalue weighted by atomic mass is 10.1. The van der Waals surface area contributed by atoms with Gasteiger partial charge in [-0.15, -0.1) is 0 Å². The lowest BCUT2D eigenvalue weighted by molar-refractivity contribution is 0.0954. The fraction of sp³-hybridized carbons (Fsp3) is 0.0588. The van der Waals surface area contributed by atoms with E-state index in [2.05, 4.69) is 10.5 Å². The summed E-state index contributed by atoms with van der Waals surface area (Å²) in [6.07, 6.45) is 5.26. The molecule has 0 atom stereocenters. The number of carbonyl (C=O) groups is 1. The van der Waals surface area contributed by atoms with Crippen LogP contribution < -0.4 is 5.43 Å². The third-order valence-corrected chi connectivity index (χ3v) is 2.80. The van der Waals surface area contributed by atoms with Crippen LogP contribution in [0, 0.1) is 6.92 Å². The number of amides is 1. The molecule has 0 heterocycles. The molecule has 0 saturated heterocycles. The van der Waals surface area contributed by atoms with Crippen molar-refractivity contribution in [2.45, 2.75) is 6.92 Å². The number of nitrogens with zero attached hydrogens (tertiary/aromatic N) is 1. The third-order valence-electron chi connectivity index (χ3n) is 2.80. The van der Waals surface area contributed by atoms with Crippen molar-refractivity contribution in [1.29, 1.82) is 0 Å². The first-order chi connectivity index (χ1) is 9.77. The van der Waals surface area contributed by atoms with Gasteiger partial charge < -0.3 is 0 Å². The van der Waals surface area contributed by atoms with Crippen molar-refractivity contribution < 1.29 is 4.79 Å².